The number of rotatable bonds is 4. The van der Waals surface area contributed by atoms with Gasteiger partial charge in [0.25, 0.3) is 5.91 Å². The average molecular weight is 658 g/mol. The van der Waals surface area contributed by atoms with Gasteiger partial charge in [0.15, 0.2) is 0 Å². The van der Waals surface area contributed by atoms with E-state index < -0.39 is 35.1 Å². The number of amides is 1. The highest BCUT2D eigenvalue weighted by Crippen LogP contribution is 2.57. The van der Waals surface area contributed by atoms with Crippen molar-refractivity contribution in [2.75, 3.05) is 0 Å². The average Bonchev–Trinajstić information content (AvgIpc) is 3.64. The van der Waals surface area contributed by atoms with E-state index in [9.17, 15) is 19.2 Å². The summed E-state index contributed by atoms with van der Waals surface area (Å²) in [4.78, 5) is 54.1. The van der Waals surface area contributed by atoms with Crippen LogP contribution in [0.15, 0.2) is 48.9 Å². The number of nitrogens with one attached hydrogen (secondary N) is 1. The van der Waals surface area contributed by atoms with Crippen molar-refractivity contribution in [2.24, 2.45) is 5.92 Å². The van der Waals surface area contributed by atoms with Crippen LogP contribution in [0.25, 0.3) is 33.4 Å². The Balaban J connectivity index is 1.53. The van der Waals surface area contributed by atoms with E-state index in [2.05, 4.69) is 10.4 Å². The van der Waals surface area contributed by atoms with Crippen LogP contribution in [0.3, 0.4) is 0 Å². The van der Waals surface area contributed by atoms with Crippen LogP contribution in [-0.2, 0) is 14.2 Å². The first-order chi connectivity index (χ1) is 22.2. The van der Waals surface area contributed by atoms with Gasteiger partial charge in [-0.25, -0.2) is 14.4 Å². The number of carbonyl (C=O) groups is 4. The number of aromatic nitrogens is 4. The van der Waals surface area contributed by atoms with Crippen LogP contribution in [-0.4, -0.2) is 65.4 Å². The van der Waals surface area contributed by atoms with E-state index in [1.165, 1.54) is 15.3 Å². The Bertz CT molecular complexity index is 1940. The first-order valence-electron chi connectivity index (χ1n) is 16.2. The summed E-state index contributed by atoms with van der Waals surface area (Å²) < 4.78 is 20.7. The van der Waals surface area contributed by atoms with Crippen molar-refractivity contribution in [3.63, 3.8) is 0 Å². The molecular formula is C36H43N5O7. The van der Waals surface area contributed by atoms with Gasteiger partial charge < -0.3 is 19.5 Å². The molecule has 3 aliphatic carbocycles. The summed E-state index contributed by atoms with van der Waals surface area (Å²) in [6.07, 6.45) is 5.48. The van der Waals surface area contributed by atoms with Crippen LogP contribution in [0, 0.1) is 5.92 Å². The Hall–Kier alpha value is -4.87. The summed E-state index contributed by atoms with van der Waals surface area (Å²) in [5, 5.41) is 8.26. The van der Waals surface area contributed by atoms with Gasteiger partial charge in [-0.2, -0.15) is 9.78 Å². The molecule has 12 nitrogen and oxygen atoms in total. The van der Waals surface area contributed by atoms with E-state index in [4.69, 9.17) is 14.2 Å². The number of ether oxygens (including phenoxy) is 3. The molecule has 0 atom stereocenters. The third-order valence-electron chi connectivity index (χ3n) is 8.28. The van der Waals surface area contributed by atoms with Gasteiger partial charge in [0.2, 0.25) is 0 Å². The minimum absolute atomic E-state index is 0.253. The van der Waals surface area contributed by atoms with Gasteiger partial charge in [0.1, 0.15) is 16.8 Å². The molecule has 3 aromatic heterocycles. The smallest absolute Gasteiger partial charge is 0.435 e. The van der Waals surface area contributed by atoms with Gasteiger partial charge in [-0.05, 0) is 118 Å². The molecule has 1 N–H and O–H groups in total. The molecular weight excluding hydrogens is 614 g/mol. The maximum atomic E-state index is 14.4. The molecule has 3 fully saturated rings. The predicted molar refractivity (Wildman–Crippen MR) is 179 cm³/mol. The molecule has 0 unspecified atom stereocenters. The molecule has 0 radical (unpaired) electrons. The molecule has 3 aliphatic rings. The zero-order valence-electron chi connectivity index (χ0n) is 29.0. The Morgan fingerprint density at radius 3 is 1.83 bits per heavy atom. The molecule has 0 spiro atoms. The fourth-order valence-corrected chi connectivity index (χ4v) is 6.32. The SMILES string of the molecule is CC(C)(C)OC(=O)n1ccc(-c2ccn(C(=O)OC(C)(C)C)c2-c2ccc3c(ccn3C(=O)OC(C)(C)C)c2C(=O)NC23CC(C2)C3)n1. The van der Waals surface area contributed by atoms with Crippen LogP contribution in [0.4, 0.5) is 14.4 Å². The second kappa shape index (κ2) is 11.1. The van der Waals surface area contributed by atoms with Crippen molar-refractivity contribution in [3.05, 3.63) is 54.5 Å². The number of hydrogen-bond acceptors (Lipinski definition) is 8. The molecule has 12 heteroatoms. The number of benzene rings is 1. The minimum atomic E-state index is -0.810. The van der Waals surface area contributed by atoms with Crippen LogP contribution in [0.1, 0.15) is 91.9 Å². The number of carbonyl (C=O) groups excluding carboxylic acids is 4. The van der Waals surface area contributed by atoms with Gasteiger partial charge in [-0.1, -0.05) is 0 Å². The maximum Gasteiger partial charge on any atom is 0.435 e. The zero-order chi connectivity index (χ0) is 35.0. The number of fused-ring (bicyclic) bond motifs is 1. The Morgan fingerprint density at radius 1 is 0.708 bits per heavy atom. The standard InChI is InChI=1S/C36H43N5O7/c1-33(2,3)46-30(43)39-15-13-23-26(39)11-10-24(27(23)29(42)37-36-18-21(19-36)20-36)28-22(12-16-40(28)31(44)47-34(4,5)6)25-14-17-41(38-25)32(45)48-35(7,8)9/h10-17,21H,18-20H2,1-9H3,(H,37,42). The lowest BCUT2D eigenvalue weighted by atomic mass is 9.50. The van der Waals surface area contributed by atoms with Crippen LogP contribution < -0.4 is 5.32 Å². The minimum Gasteiger partial charge on any atom is -0.443 e. The highest BCUT2D eigenvalue weighted by atomic mass is 16.6. The fraction of sp³-hybridized carbons (Fsp3) is 0.472. The van der Waals surface area contributed by atoms with Crippen molar-refractivity contribution in [1.82, 2.24) is 24.2 Å². The third-order valence-corrected chi connectivity index (χ3v) is 8.28. The van der Waals surface area contributed by atoms with E-state index in [1.807, 2.05) is 0 Å². The fourth-order valence-electron chi connectivity index (χ4n) is 6.32. The largest absolute Gasteiger partial charge is 0.443 e. The van der Waals surface area contributed by atoms with Crippen molar-refractivity contribution in [2.45, 2.75) is 104 Å². The second-order valence-electron chi connectivity index (χ2n) is 15.9. The highest BCUT2D eigenvalue weighted by Gasteiger charge is 2.57. The van der Waals surface area contributed by atoms with Crippen LogP contribution in [0.2, 0.25) is 0 Å². The summed E-state index contributed by atoms with van der Waals surface area (Å²) in [5.41, 5.74) is -0.152. The van der Waals surface area contributed by atoms with Crippen molar-refractivity contribution in [3.8, 4) is 22.5 Å². The van der Waals surface area contributed by atoms with E-state index in [-0.39, 0.29) is 17.0 Å². The van der Waals surface area contributed by atoms with Crippen molar-refractivity contribution < 1.29 is 33.4 Å². The molecule has 48 heavy (non-hydrogen) atoms. The van der Waals surface area contributed by atoms with E-state index in [0.29, 0.717) is 39.3 Å². The predicted octanol–water partition coefficient (Wildman–Crippen LogP) is 7.61. The van der Waals surface area contributed by atoms with Gasteiger partial charge >= 0.3 is 18.3 Å². The second-order valence-corrected chi connectivity index (χ2v) is 15.9. The van der Waals surface area contributed by atoms with Crippen molar-refractivity contribution in [1.29, 1.82) is 0 Å². The lowest BCUT2D eigenvalue weighted by Crippen LogP contribution is -2.68. The normalized spacial score (nSPS) is 18.9. The molecule has 4 aromatic rings. The molecule has 1 amide bonds. The Labute approximate surface area is 279 Å². The first-order valence-corrected chi connectivity index (χ1v) is 16.2. The first kappa shape index (κ1) is 33.0. The lowest BCUT2D eigenvalue weighted by molar-refractivity contribution is -0.0438. The van der Waals surface area contributed by atoms with E-state index >= 15 is 0 Å². The molecule has 7 rings (SSSR count). The topological polar surface area (TPSA) is 136 Å². The Morgan fingerprint density at radius 2 is 1.27 bits per heavy atom. The number of nitrogens with zero attached hydrogens (tertiary/aromatic N) is 4. The summed E-state index contributed by atoms with van der Waals surface area (Å²) in [6.45, 7) is 16.0. The highest BCUT2D eigenvalue weighted by molar-refractivity contribution is 6.14. The van der Waals surface area contributed by atoms with Crippen LogP contribution in [0.5, 0.6) is 0 Å². The summed E-state index contributed by atoms with van der Waals surface area (Å²) >= 11 is 0. The summed E-state index contributed by atoms with van der Waals surface area (Å²) in [7, 11) is 0. The maximum absolute atomic E-state index is 14.4. The van der Waals surface area contributed by atoms with Gasteiger partial charge in [-0.3, -0.25) is 13.9 Å². The molecule has 254 valence electrons. The molecule has 3 heterocycles. The lowest BCUT2D eigenvalue weighted by Gasteiger charge is -2.61. The van der Waals surface area contributed by atoms with Gasteiger partial charge in [-0.15, -0.1) is 0 Å². The monoisotopic (exact) mass is 657 g/mol. The Kier molecular flexibility index (Phi) is 7.64. The summed E-state index contributed by atoms with van der Waals surface area (Å²) in [5.74, 6) is 0.308. The molecule has 3 saturated carbocycles. The summed E-state index contributed by atoms with van der Waals surface area (Å²) in [6, 6.07) is 8.48. The molecule has 2 bridgehead atoms. The van der Waals surface area contributed by atoms with E-state index in [1.54, 1.807) is 105 Å². The quantitative estimate of drug-likeness (QED) is 0.222. The van der Waals surface area contributed by atoms with Crippen LogP contribution >= 0.6 is 0 Å². The molecule has 0 saturated heterocycles. The van der Waals surface area contributed by atoms with E-state index in [0.717, 1.165) is 23.9 Å². The third kappa shape index (κ3) is 6.35. The van der Waals surface area contributed by atoms with Gasteiger partial charge in [0.05, 0.1) is 22.5 Å². The molecule has 0 aliphatic heterocycles. The molecule has 1 aromatic carbocycles. The van der Waals surface area contributed by atoms with Crippen molar-refractivity contribution >= 4 is 35.1 Å². The zero-order valence-corrected chi connectivity index (χ0v) is 29.0. The number of hydrogen-bond donors (Lipinski definition) is 1. The van der Waals surface area contributed by atoms with Gasteiger partial charge in [0, 0.05) is 40.6 Å².